The van der Waals surface area contributed by atoms with Crippen LogP contribution in [-0.4, -0.2) is 36.7 Å². The molecule has 0 amide bonds. The summed E-state index contributed by atoms with van der Waals surface area (Å²) in [6.07, 6.45) is 14.9. The second-order valence-corrected chi connectivity index (χ2v) is 12.1. The van der Waals surface area contributed by atoms with Gasteiger partial charge in [0.25, 0.3) is 10.0 Å². The number of aliphatic hydroxyl groups excluding tert-OH is 1. The van der Waals surface area contributed by atoms with Gasteiger partial charge in [0.1, 0.15) is 12.9 Å². The van der Waals surface area contributed by atoms with E-state index in [1.54, 1.807) is 6.08 Å². The Morgan fingerprint density at radius 2 is 1.89 bits per heavy atom. The standard InChI is InChI=1S/C29H39N3O4S/c1-4-15-29(24-7-5-6-8-24)16-13-25(14-17-29)37(34,35)32-27-26(28(31-20-30-27)36-19-18-33)23-11-9-22(10-12-23)21(2)3/h9-14,16,20-21,24,33H,4-8,15,17-19H2,1-3H3,(H,30,31,32). The molecule has 8 heteroatoms. The molecule has 37 heavy (non-hydrogen) atoms. The molecule has 1 fully saturated rings. The summed E-state index contributed by atoms with van der Waals surface area (Å²) in [5.74, 6) is 1.34. The van der Waals surface area contributed by atoms with Crippen LogP contribution in [0.5, 0.6) is 5.88 Å². The number of aromatic nitrogens is 2. The Labute approximate surface area is 221 Å². The number of nitrogens with zero attached hydrogens (tertiary/aromatic N) is 2. The average molecular weight is 526 g/mol. The van der Waals surface area contributed by atoms with Gasteiger partial charge in [-0.25, -0.2) is 18.4 Å². The Bertz CT molecular complexity index is 1230. The third-order valence-electron chi connectivity index (χ3n) is 7.70. The first-order valence-electron chi connectivity index (χ1n) is 13.4. The van der Waals surface area contributed by atoms with Crippen LogP contribution in [0.15, 0.2) is 53.7 Å². The molecule has 7 nitrogen and oxygen atoms in total. The maximum absolute atomic E-state index is 13.5. The zero-order valence-electron chi connectivity index (χ0n) is 22.1. The van der Waals surface area contributed by atoms with Crippen LogP contribution in [0.1, 0.15) is 77.2 Å². The summed E-state index contributed by atoms with van der Waals surface area (Å²) < 4.78 is 35.4. The topological polar surface area (TPSA) is 101 Å². The fourth-order valence-electron chi connectivity index (χ4n) is 5.71. The zero-order chi connectivity index (χ0) is 26.5. The van der Waals surface area contributed by atoms with E-state index < -0.39 is 10.0 Å². The first-order valence-corrected chi connectivity index (χ1v) is 14.9. The van der Waals surface area contributed by atoms with Crippen LogP contribution in [0.25, 0.3) is 11.1 Å². The van der Waals surface area contributed by atoms with Gasteiger partial charge in [-0.15, -0.1) is 0 Å². The highest BCUT2D eigenvalue weighted by atomic mass is 32.2. The maximum atomic E-state index is 13.5. The minimum atomic E-state index is -3.89. The molecule has 1 heterocycles. The van der Waals surface area contributed by atoms with E-state index in [2.05, 4.69) is 41.5 Å². The number of aliphatic hydroxyl groups is 1. The number of allylic oxidation sites excluding steroid dienone is 3. The van der Waals surface area contributed by atoms with Crippen molar-refractivity contribution in [1.29, 1.82) is 0 Å². The van der Waals surface area contributed by atoms with Crippen molar-refractivity contribution < 1.29 is 18.3 Å². The van der Waals surface area contributed by atoms with E-state index in [4.69, 9.17) is 4.74 Å². The number of hydrogen-bond donors (Lipinski definition) is 2. The van der Waals surface area contributed by atoms with Crippen molar-refractivity contribution in [3.05, 3.63) is 59.3 Å². The van der Waals surface area contributed by atoms with Crippen LogP contribution >= 0.6 is 0 Å². The second-order valence-electron chi connectivity index (χ2n) is 10.5. The Morgan fingerprint density at radius 3 is 2.49 bits per heavy atom. The molecule has 2 aliphatic carbocycles. The molecule has 0 radical (unpaired) electrons. The minimum absolute atomic E-state index is 0.0366. The van der Waals surface area contributed by atoms with E-state index in [-0.39, 0.29) is 35.2 Å². The number of benzene rings is 1. The lowest BCUT2D eigenvalue weighted by Gasteiger charge is -2.38. The molecule has 2 aliphatic rings. The summed E-state index contributed by atoms with van der Waals surface area (Å²) in [6, 6.07) is 7.84. The smallest absolute Gasteiger partial charge is 0.262 e. The van der Waals surface area contributed by atoms with Gasteiger partial charge >= 0.3 is 0 Å². The van der Waals surface area contributed by atoms with E-state index in [1.165, 1.54) is 32.0 Å². The number of hydrogen-bond acceptors (Lipinski definition) is 6. The first kappa shape index (κ1) is 27.3. The van der Waals surface area contributed by atoms with Crippen LogP contribution in [0.4, 0.5) is 5.82 Å². The summed E-state index contributed by atoms with van der Waals surface area (Å²) in [5, 5.41) is 9.28. The molecular formula is C29H39N3O4S. The molecule has 1 unspecified atom stereocenters. The first-order chi connectivity index (χ1) is 17.8. The highest BCUT2D eigenvalue weighted by Crippen LogP contribution is 2.49. The molecule has 200 valence electrons. The number of rotatable bonds is 11. The monoisotopic (exact) mass is 525 g/mol. The van der Waals surface area contributed by atoms with E-state index in [9.17, 15) is 13.5 Å². The number of ether oxygens (including phenoxy) is 1. The van der Waals surface area contributed by atoms with E-state index in [0.29, 0.717) is 17.4 Å². The van der Waals surface area contributed by atoms with Crippen molar-refractivity contribution >= 4 is 15.8 Å². The van der Waals surface area contributed by atoms with Gasteiger partial charge in [0.05, 0.1) is 17.1 Å². The van der Waals surface area contributed by atoms with Gasteiger partial charge < -0.3 is 9.84 Å². The molecule has 0 spiro atoms. The molecule has 1 saturated carbocycles. The lowest BCUT2D eigenvalue weighted by molar-refractivity contribution is 0.197. The van der Waals surface area contributed by atoms with Crippen molar-refractivity contribution in [2.75, 3.05) is 17.9 Å². The molecule has 2 aromatic rings. The van der Waals surface area contributed by atoms with Crippen molar-refractivity contribution in [1.82, 2.24) is 9.97 Å². The number of nitrogens with one attached hydrogen (secondary N) is 1. The lowest BCUT2D eigenvalue weighted by Crippen LogP contribution is -2.29. The van der Waals surface area contributed by atoms with Crippen LogP contribution in [-0.2, 0) is 10.0 Å². The van der Waals surface area contributed by atoms with Crippen molar-refractivity contribution in [3.63, 3.8) is 0 Å². The van der Waals surface area contributed by atoms with Gasteiger partial charge in [-0.2, -0.15) is 0 Å². The summed E-state index contributed by atoms with van der Waals surface area (Å²) in [7, 11) is -3.89. The fraction of sp³-hybridized carbons (Fsp3) is 0.517. The number of anilines is 1. The number of sulfonamides is 1. The predicted molar refractivity (Wildman–Crippen MR) is 148 cm³/mol. The summed E-state index contributed by atoms with van der Waals surface area (Å²) >= 11 is 0. The van der Waals surface area contributed by atoms with Gasteiger partial charge in [0.15, 0.2) is 5.82 Å². The Kier molecular flexibility index (Phi) is 8.70. The highest BCUT2D eigenvalue weighted by Gasteiger charge is 2.39. The van der Waals surface area contributed by atoms with Crippen LogP contribution in [0.3, 0.4) is 0 Å². The quantitative estimate of drug-likeness (QED) is 0.362. The highest BCUT2D eigenvalue weighted by molar-refractivity contribution is 7.96. The Hall–Kier alpha value is -2.71. The van der Waals surface area contributed by atoms with Crippen molar-refractivity contribution in [2.45, 2.75) is 71.6 Å². The van der Waals surface area contributed by atoms with E-state index >= 15 is 0 Å². The zero-order valence-corrected chi connectivity index (χ0v) is 22.9. The predicted octanol–water partition coefficient (Wildman–Crippen LogP) is 6.20. The molecule has 1 aromatic heterocycles. The molecule has 0 aliphatic heterocycles. The van der Waals surface area contributed by atoms with Gasteiger partial charge in [0, 0.05) is 0 Å². The second kappa shape index (κ2) is 11.8. The molecule has 1 atom stereocenters. The molecule has 4 rings (SSSR count). The molecule has 2 N–H and O–H groups in total. The third kappa shape index (κ3) is 6.07. The largest absolute Gasteiger partial charge is 0.475 e. The summed E-state index contributed by atoms with van der Waals surface area (Å²) in [5.41, 5.74) is 2.39. The summed E-state index contributed by atoms with van der Waals surface area (Å²) in [4.78, 5) is 8.78. The van der Waals surface area contributed by atoms with Gasteiger partial charge in [-0.1, -0.05) is 76.5 Å². The summed E-state index contributed by atoms with van der Waals surface area (Å²) in [6.45, 7) is 6.28. The normalized spacial score (nSPS) is 20.3. The van der Waals surface area contributed by atoms with E-state index in [0.717, 1.165) is 30.4 Å². The van der Waals surface area contributed by atoms with Crippen LogP contribution in [0, 0.1) is 11.3 Å². The van der Waals surface area contributed by atoms with Gasteiger partial charge in [-0.3, -0.25) is 4.72 Å². The lowest BCUT2D eigenvalue weighted by atomic mass is 9.67. The van der Waals surface area contributed by atoms with Crippen molar-refractivity contribution in [2.24, 2.45) is 11.3 Å². The Morgan fingerprint density at radius 1 is 1.16 bits per heavy atom. The Balaban J connectivity index is 1.64. The average Bonchev–Trinajstić information content (AvgIpc) is 3.44. The van der Waals surface area contributed by atoms with Gasteiger partial charge in [-0.05, 0) is 60.1 Å². The van der Waals surface area contributed by atoms with Crippen LogP contribution < -0.4 is 9.46 Å². The van der Waals surface area contributed by atoms with E-state index in [1.807, 2.05) is 30.3 Å². The maximum Gasteiger partial charge on any atom is 0.262 e. The minimum Gasteiger partial charge on any atom is -0.475 e. The SMILES string of the molecule is CCCC1(C2CCCC2)C=CC(S(=O)(=O)Nc2ncnc(OCCO)c2-c2ccc(C(C)C)cc2)=CC1. The third-order valence-corrected chi connectivity index (χ3v) is 9.08. The molecule has 1 aromatic carbocycles. The van der Waals surface area contributed by atoms with Crippen molar-refractivity contribution in [3.8, 4) is 17.0 Å². The molecule has 0 bridgehead atoms. The van der Waals surface area contributed by atoms with Crippen LogP contribution in [0.2, 0.25) is 0 Å². The molecule has 0 saturated heterocycles. The molecular weight excluding hydrogens is 486 g/mol. The van der Waals surface area contributed by atoms with Gasteiger partial charge in [0.2, 0.25) is 5.88 Å². The fourth-order valence-corrected chi connectivity index (χ4v) is 6.79.